The van der Waals surface area contributed by atoms with Crippen LogP contribution in [-0.2, 0) is 0 Å². The summed E-state index contributed by atoms with van der Waals surface area (Å²) in [6.07, 6.45) is 0.820. The van der Waals surface area contributed by atoms with Gasteiger partial charge in [-0.05, 0) is 32.0 Å². The zero-order chi connectivity index (χ0) is 15.7. The molecule has 1 heterocycles. The summed E-state index contributed by atoms with van der Waals surface area (Å²) < 4.78 is 6.01. The maximum Gasteiger partial charge on any atom is 0.269 e. The number of benzene rings is 2. The van der Waals surface area contributed by atoms with Crippen molar-refractivity contribution in [3.05, 3.63) is 64.2 Å². The molecule has 1 aliphatic heterocycles. The first kappa shape index (κ1) is 14.4. The van der Waals surface area contributed by atoms with Crippen molar-refractivity contribution in [1.29, 1.82) is 0 Å². The number of ether oxygens (including phenoxy) is 1. The van der Waals surface area contributed by atoms with Crippen molar-refractivity contribution in [2.24, 2.45) is 0 Å². The van der Waals surface area contributed by atoms with Gasteiger partial charge in [0.25, 0.3) is 5.69 Å². The largest absolute Gasteiger partial charge is 0.487 e. The van der Waals surface area contributed by atoms with Crippen LogP contribution in [0.15, 0.2) is 48.5 Å². The van der Waals surface area contributed by atoms with Crippen molar-refractivity contribution < 1.29 is 9.66 Å². The molecule has 1 N–H and O–H groups in total. The molecule has 2 aromatic rings. The molecule has 1 unspecified atom stereocenters. The monoisotopic (exact) mass is 298 g/mol. The zero-order valence-electron chi connectivity index (χ0n) is 12.6. The SMILES string of the molecule is CC1(C)CC(Nc2ccc([N+](=O)[O-])cc2)c2ccccc2O1. The first-order valence-electron chi connectivity index (χ1n) is 7.23. The van der Waals surface area contributed by atoms with Crippen molar-refractivity contribution in [1.82, 2.24) is 0 Å². The highest BCUT2D eigenvalue weighted by Crippen LogP contribution is 2.40. The molecule has 2 aromatic carbocycles. The fourth-order valence-corrected chi connectivity index (χ4v) is 2.81. The summed E-state index contributed by atoms with van der Waals surface area (Å²) in [5.41, 5.74) is 1.81. The number of hydrogen-bond donors (Lipinski definition) is 1. The summed E-state index contributed by atoms with van der Waals surface area (Å²) >= 11 is 0. The predicted octanol–water partition coefficient (Wildman–Crippen LogP) is 4.31. The Bertz CT molecular complexity index is 695. The number of non-ortho nitro benzene ring substituents is 1. The van der Waals surface area contributed by atoms with Crippen LogP contribution in [0.5, 0.6) is 5.75 Å². The van der Waals surface area contributed by atoms with Gasteiger partial charge in [-0.3, -0.25) is 10.1 Å². The molecular weight excluding hydrogens is 280 g/mol. The molecule has 0 aromatic heterocycles. The first-order chi connectivity index (χ1) is 10.4. The molecule has 0 aliphatic carbocycles. The topological polar surface area (TPSA) is 64.4 Å². The molecule has 0 spiro atoms. The number of nitrogens with one attached hydrogen (secondary N) is 1. The smallest absolute Gasteiger partial charge is 0.269 e. The number of anilines is 1. The zero-order valence-corrected chi connectivity index (χ0v) is 12.6. The summed E-state index contributed by atoms with van der Waals surface area (Å²) in [5, 5.41) is 14.2. The minimum absolute atomic E-state index is 0.0956. The third-order valence-electron chi connectivity index (χ3n) is 3.80. The van der Waals surface area contributed by atoms with E-state index in [1.54, 1.807) is 12.1 Å². The van der Waals surface area contributed by atoms with Crippen LogP contribution in [0.2, 0.25) is 0 Å². The lowest BCUT2D eigenvalue weighted by Gasteiger charge is -2.38. The fourth-order valence-electron chi connectivity index (χ4n) is 2.81. The average Bonchev–Trinajstić information content (AvgIpc) is 2.46. The van der Waals surface area contributed by atoms with Crippen LogP contribution in [-0.4, -0.2) is 10.5 Å². The molecule has 1 atom stereocenters. The summed E-state index contributed by atoms with van der Waals surface area (Å²) in [5.74, 6) is 0.887. The molecule has 22 heavy (non-hydrogen) atoms. The Hall–Kier alpha value is -2.56. The van der Waals surface area contributed by atoms with E-state index >= 15 is 0 Å². The van der Waals surface area contributed by atoms with Crippen LogP contribution in [0.4, 0.5) is 11.4 Å². The molecule has 5 nitrogen and oxygen atoms in total. The van der Waals surface area contributed by atoms with E-state index in [0.29, 0.717) is 0 Å². The van der Waals surface area contributed by atoms with Crippen molar-refractivity contribution in [3.8, 4) is 5.75 Å². The van der Waals surface area contributed by atoms with Gasteiger partial charge in [-0.15, -0.1) is 0 Å². The summed E-state index contributed by atoms with van der Waals surface area (Å²) in [6, 6.07) is 14.6. The van der Waals surface area contributed by atoms with E-state index in [4.69, 9.17) is 4.74 Å². The molecule has 0 radical (unpaired) electrons. The second-order valence-electron chi connectivity index (χ2n) is 6.10. The Labute approximate surface area is 129 Å². The maximum absolute atomic E-state index is 10.7. The second kappa shape index (κ2) is 5.33. The van der Waals surface area contributed by atoms with Crippen LogP contribution in [0, 0.1) is 10.1 Å². The fraction of sp³-hybridized carbons (Fsp3) is 0.294. The molecule has 5 heteroatoms. The molecular formula is C17H18N2O3. The number of rotatable bonds is 3. The Balaban J connectivity index is 1.86. The lowest BCUT2D eigenvalue weighted by atomic mass is 9.89. The number of para-hydroxylation sites is 1. The third kappa shape index (κ3) is 2.88. The summed E-state index contributed by atoms with van der Waals surface area (Å²) in [4.78, 5) is 10.3. The molecule has 0 amide bonds. The normalized spacial score (nSPS) is 18.9. The van der Waals surface area contributed by atoms with Gasteiger partial charge in [0, 0.05) is 29.8 Å². The lowest BCUT2D eigenvalue weighted by molar-refractivity contribution is -0.384. The van der Waals surface area contributed by atoms with E-state index in [1.807, 2.05) is 24.3 Å². The van der Waals surface area contributed by atoms with Crippen LogP contribution in [0.3, 0.4) is 0 Å². The lowest BCUT2D eigenvalue weighted by Crippen LogP contribution is -2.37. The number of nitro benzene ring substituents is 1. The van der Waals surface area contributed by atoms with E-state index in [9.17, 15) is 10.1 Å². The Kier molecular flexibility index (Phi) is 3.48. The van der Waals surface area contributed by atoms with Crippen molar-refractivity contribution in [2.75, 3.05) is 5.32 Å². The van der Waals surface area contributed by atoms with Gasteiger partial charge in [-0.25, -0.2) is 0 Å². The molecule has 114 valence electrons. The molecule has 1 aliphatic rings. The van der Waals surface area contributed by atoms with Gasteiger partial charge in [0.15, 0.2) is 0 Å². The quantitative estimate of drug-likeness (QED) is 0.677. The highest BCUT2D eigenvalue weighted by Gasteiger charge is 2.33. The number of hydrogen-bond acceptors (Lipinski definition) is 4. The number of nitrogens with zero attached hydrogens (tertiary/aromatic N) is 1. The standard InChI is InChI=1S/C17H18N2O3/c1-17(2)11-15(14-5-3-4-6-16(14)22-17)18-12-7-9-13(10-8-12)19(20)21/h3-10,15,18H,11H2,1-2H3. The van der Waals surface area contributed by atoms with Crippen molar-refractivity contribution in [3.63, 3.8) is 0 Å². The van der Waals surface area contributed by atoms with Crippen molar-refractivity contribution >= 4 is 11.4 Å². The predicted molar refractivity (Wildman–Crippen MR) is 85.2 cm³/mol. The van der Waals surface area contributed by atoms with Crippen LogP contribution >= 0.6 is 0 Å². The van der Waals surface area contributed by atoms with Gasteiger partial charge in [0.2, 0.25) is 0 Å². The van der Waals surface area contributed by atoms with Gasteiger partial charge in [-0.1, -0.05) is 18.2 Å². The molecule has 0 bridgehead atoms. The van der Waals surface area contributed by atoms with Gasteiger partial charge in [0.05, 0.1) is 11.0 Å². The van der Waals surface area contributed by atoms with Crippen molar-refractivity contribution in [2.45, 2.75) is 31.9 Å². The minimum atomic E-state index is -0.392. The molecule has 0 fully saturated rings. The molecule has 0 saturated carbocycles. The highest BCUT2D eigenvalue weighted by molar-refractivity contribution is 5.52. The number of fused-ring (bicyclic) bond motifs is 1. The van der Waals surface area contributed by atoms with Gasteiger partial charge in [-0.2, -0.15) is 0 Å². The highest BCUT2D eigenvalue weighted by atomic mass is 16.6. The van der Waals surface area contributed by atoms with Gasteiger partial charge in [0.1, 0.15) is 11.4 Å². The minimum Gasteiger partial charge on any atom is -0.487 e. The third-order valence-corrected chi connectivity index (χ3v) is 3.80. The number of nitro groups is 1. The van der Waals surface area contributed by atoms with E-state index in [0.717, 1.165) is 23.4 Å². The van der Waals surface area contributed by atoms with Crippen LogP contribution < -0.4 is 10.1 Å². The summed E-state index contributed by atoms with van der Waals surface area (Å²) in [6.45, 7) is 4.13. The maximum atomic E-state index is 10.7. The molecule has 0 saturated heterocycles. The first-order valence-corrected chi connectivity index (χ1v) is 7.23. The van der Waals surface area contributed by atoms with Gasteiger partial charge < -0.3 is 10.1 Å². The Morgan fingerprint density at radius 1 is 1.18 bits per heavy atom. The van der Waals surface area contributed by atoms with Gasteiger partial charge >= 0.3 is 0 Å². The van der Waals surface area contributed by atoms with E-state index in [1.165, 1.54) is 12.1 Å². The van der Waals surface area contributed by atoms with Crippen LogP contribution in [0.25, 0.3) is 0 Å². The van der Waals surface area contributed by atoms with E-state index < -0.39 is 4.92 Å². The second-order valence-corrected chi connectivity index (χ2v) is 6.10. The Morgan fingerprint density at radius 2 is 1.86 bits per heavy atom. The van der Waals surface area contributed by atoms with Crippen LogP contribution in [0.1, 0.15) is 31.9 Å². The average molecular weight is 298 g/mol. The van der Waals surface area contributed by atoms with E-state index in [2.05, 4.69) is 19.2 Å². The Morgan fingerprint density at radius 3 is 2.55 bits per heavy atom. The summed E-state index contributed by atoms with van der Waals surface area (Å²) in [7, 11) is 0. The molecule has 3 rings (SSSR count). The van der Waals surface area contributed by atoms with E-state index in [-0.39, 0.29) is 17.3 Å².